The molecule has 0 aliphatic rings. The third kappa shape index (κ3) is 4.54. The number of nitrogens with one attached hydrogen (secondary N) is 2. The Balaban J connectivity index is 2.35. The van der Waals surface area contributed by atoms with Crippen molar-refractivity contribution in [3.63, 3.8) is 0 Å². The molecule has 0 aromatic carbocycles. The second-order valence-corrected chi connectivity index (χ2v) is 4.58. The molecule has 19 heavy (non-hydrogen) atoms. The van der Waals surface area contributed by atoms with Gasteiger partial charge < -0.3 is 20.6 Å². The number of aromatic carboxylic acids is 1. The molecule has 0 spiro atoms. The van der Waals surface area contributed by atoms with E-state index in [-0.39, 0.29) is 29.8 Å². The third-order valence-corrected chi connectivity index (χ3v) is 2.85. The zero-order chi connectivity index (χ0) is 14.4. The number of urea groups is 1. The van der Waals surface area contributed by atoms with Crippen molar-refractivity contribution in [2.45, 2.75) is 0 Å². The van der Waals surface area contributed by atoms with E-state index in [1.165, 1.54) is 10.3 Å². The van der Waals surface area contributed by atoms with Crippen molar-refractivity contribution < 1.29 is 19.5 Å². The van der Waals surface area contributed by atoms with Gasteiger partial charge in [0, 0.05) is 32.6 Å². The highest BCUT2D eigenvalue weighted by Crippen LogP contribution is 2.09. The summed E-state index contributed by atoms with van der Waals surface area (Å²) in [6, 6.07) is -0.253. The molecule has 0 fully saturated rings. The fraction of sp³-hybridized carbons (Fsp3) is 0.400. The maximum absolute atomic E-state index is 11.6. The summed E-state index contributed by atoms with van der Waals surface area (Å²) in [5.41, 5.74) is -0.156. The van der Waals surface area contributed by atoms with Gasteiger partial charge in [0.2, 0.25) is 0 Å². The molecule has 1 aromatic heterocycles. The quantitative estimate of drug-likeness (QED) is 0.651. The number of carboxylic acids is 1. The second kappa shape index (κ2) is 6.69. The highest BCUT2D eigenvalue weighted by atomic mass is 32.1. The van der Waals surface area contributed by atoms with E-state index in [1.54, 1.807) is 14.1 Å². The van der Waals surface area contributed by atoms with Gasteiger partial charge in [0.15, 0.2) is 10.7 Å². The largest absolute Gasteiger partial charge is 0.476 e. The normalized spacial score (nSPS) is 9.79. The first-order chi connectivity index (χ1) is 8.91. The average molecular weight is 286 g/mol. The smallest absolute Gasteiger partial charge is 0.355 e. The Labute approximate surface area is 113 Å². The van der Waals surface area contributed by atoms with Gasteiger partial charge in [-0.2, -0.15) is 0 Å². The van der Waals surface area contributed by atoms with Crippen LogP contribution in [0.3, 0.4) is 0 Å². The van der Waals surface area contributed by atoms with Crippen LogP contribution in [-0.2, 0) is 0 Å². The topological polar surface area (TPSA) is 112 Å². The molecule has 3 amide bonds. The van der Waals surface area contributed by atoms with Gasteiger partial charge in [-0.1, -0.05) is 0 Å². The van der Waals surface area contributed by atoms with Crippen LogP contribution in [0.15, 0.2) is 5.38 Å². The lowest BCUT2D eigenvalue weighted by molar-refractivity contribution is 0.0691. The summed E-state index contributed by atoms with van der Waals surface area (Å²) in [6.45, 7) is 0.514. The van der Waals surface area contributed by atoms with Gasteiger partial charge in [-0.25, -0.2) is 14.6 Å². The number of thiazole rings is 1. The number of rotatable bonds is 5. The molecule has 0 saturated heterocycles. The first kappa shape index (κ1) is 14.9. The number of nitrogens with zero attached hydrogens (tertiary/aromatic N) is 2. The third-order valence-electron chi connectivity index (χ3n) is 2.01. The lowest BCUT2D eigenvalue weighted by Crippen LogP contribution is -2.39. The van der Waals surface area contributed by atoms with Gasteiger partial charge in [-0.05, 0) is 0 Å². The number of hydrogen-bond donors (Lipinski definition) is 3. The fourth-order valence-electron chi connectivity index (χ4n) is 1.06. The van der Waals surface area contributed by atoms with Crippen molar-refractivity contribution in [1.82, 2.24) is 20.5 Å². The lowest BCUT2D eigenvalue weighted by atomic mass is 10.5. The highest BCUT2D eigenvalue weighted by Gasteiger charge is 2.14. The van der Waals surface area contributed by atoms with Gasteiger partial charge >= 0.3 is 12.0 Å². The van der Waals surface area contributed by atoms with E-state index < -0.39 is 11.9 Å². The number of aromatic nitrogens is 1. The Morgan fingerprint density at radius 3 is 2.47 bits per heavy atom. The average Bonchev–Trinajstić information content (AvgIpc) is 2.83. The predicted molar refractivity (Wildman–Crippen MR) is 68.5 cm³/mol. The molecule has 0 aliphatic heterocycles. The Morgan fingerprint density at radius 2 is 1.95 bits per heavy atom. The Bertz CT molecular complexity index is 486. The first-order valence-corrected chi connectivity index (χ1v) is 6.22. The molecule has 0 bridgehead atoms. The van der Waals surface area contributed by atoms with Crippen molar-refractivity contribution in [1.29, 1.82) is 0 Å². The van der Waals surface area contributed by atoms with Gasteiger partial charge in [-0.3, -0.25) is 4.79 Å². The zero-order valence-electron chi connectivity index (χ0n) is 10.5. The van der Waals surface area contributed by atoms with E-state index in [1.807, 2.05) is 0 Å². The Kier molecular flexibility index (Phi) is 5.24. The van der Waals surface area contributed by atoms with E-state index >= 15 is 0 Å². The van der Waals surface area contributed by atoms with Crippen LogP contribution in [0.5, 0.6) is 0 Å². The van der Waals surface area contributed by atoms with Crippen LogP contribution in [0.2, 0.25) is 0 Å². The molecular formula is C10H14N4O4S. The van der Waals surface area contributed by atoms with Crippen LogP contribution in [0, 0.1) is 0 Å². The van der Waals surface area contributed by atoms with Crippen molar-refractivity contribution in [2.24, 2.45) is 0 Å². The molecule has 0 aliphatic carbocycles. The summed E-state index contributed by atoms with van der Waals surface area (Å²) in [6.07, 6.45) is 0. The molecular weight excluding hydrogens is 272 g/mol. The summed E-state index contributed by atoms with van der Waals surface area (Å²) in [7, 11) is 3.22. The van der Waals surface area contributed by atoms with Crippen LogP contribution >= 0.6 is 11.3 Å². The van der Waals surface area contributed by atoms with Crippen LogP contribution in [0.4, 0.5) is 4.79 Å². The molecule has 1 aromatic rings. The molecule has 8 nitrogen and oxygen atoms in total. The Morgan fingerprint density at radius 1 is 1.32 bits per heavy atom. The van der Waals surface area contributed by atoms with Crippen LogP contribution in [0.25, 0.3) is 0 Å². The molecule has 9 heteroatoms. The SMILES string of the molecule is CN(C)C(=O)NCCNC(=O)c1nc(C(=O)O)cs1. The van der Waals surface area contributed by atoms with Crippen LogP contribution in [-0.4, -0.2) is 60.1 Å². The zero-order valence-corrected chi connectivity index (χ0v) is 11.3. The van der Waals surface area contributed by atoms with E-state index in [0.717, 1.165) is 11.3 Å². The van der Waals surface area contributed by atoms with Crippen LogP contribution < -0.4 is 10.6 Å². The summed E-state index contributed by atoms with van der Waals surface area (Å²) < 4.78 is 0. The number of amides is 3. The predicted octanol–water partition coefficient (Wildman–Crippen LogP) is -0.158. The van der Waals surface area contributed by atoms with Gasteiger partial charge in [0.25, 0.3) is 5.91 Å². The van der Waals surface area contributed by atoms with Gasteiger partial charge in [0.05, 0.1) is 0 Å². The molecule has 1 heterocycles. The number of hydrogen-bond acceptors (Lipinski definition) is 5. The molecule has 104 valence electrons. The number of carbonyl (C=O) groups excluding carboxylic acids is 2. The minimum atomic E-state index is -1.17. The first-order valence-electron chi connectivity index (χ1n) is 5.34. The van der Waals surface area contributed by atoms with Crippen LogP contribution in [0.1, 0.15) is 20.3 Å². The molecule has 0 unspecified atom stereocenters. The number of carbonyl (C=O) groups is 3. The van der Waals surface area contributed by atoms with Crippen molar-refractivity contribution >= 4 is 29.2 Å². The monoisotopic (exact) mass is 286 g/mol. The second-order valence-electron chi connectivity index (χ2n) is 3.73. The molecule has 0 radical (unpaired) electrons. The highest BCUT2D eigenvalue weighted by molar-refractivity contribution is 7.11. The fourth-order valence-corrected chi connectivity index (χ4v) is 1.76. The number of carboxylic acid groups (broad SMARTS) is 1. The minimum absolute atomic E-state index is 0.0799. The summed E-state index contributed by atoms with van der Waals surface area (Å²) in [5.74, 6) is -1.63. The van der Waals surface area contributed by atoms with E-state index in [4.69, 9.17) is 5.11 Å². The molecule has 3 N–H and O–H groups in total. The lowest BCUT2D eigenvalue weighted by Gasteiger charge is -2.11. The maximum atomic E-state index is 11.6. The van der Waals surface area contributed by atoms with E-state index in [9.17, 15) is 14.4 Å². The van der Waals surface area contributed by atoms with Crippen molar-refractivity contribution in [3.8, 4) is 0 Å². The van der Waals surface area contributed by atoms with E-state index in [2.05, 4.69) is 15.6 Å². The van der Waals surface area contributed by atoms with Gasteiger partial charge in [0.1, 0.15) is 0 Å². The standard InChI is InChI=1S/C10H14N4O4S/c1-14(2)10(18)12-4-3-11-7(15)8-13-6(5-19-8)9(16)17/h5H,3-4H2,1-2H3,(H,11,15)(H,12,18)(H,16,17). The summed E-state index contributed by atoms with van der Waals surface area (Å²) >= 11 is 0.956. The van der Waals surface area contributed by atoms with E-state index in [0.29, 0.717) is 0 Å². The minimum Gasteiger partial charge on any atom is -0.476 e. The molecule has 0 saturated carbocycles. The van der Waals surface area contributed by atoms with Crippen molar-refractivity contribution in [2.75, 3.05) is 27.2 Å². The van der Waals surface area contributed by atoms with Crippen molar-refractivity contribution in [3.05, 3.63) is 16.1 Å². The van der Waals surface area contributed by atoms with Gasteiger partial charge in [-0.15, -0.1) is 11.3 Å². The summed E-state index contributed by atoms with van der Waals surface area (Å²) in [4.78, 5) is 38.4. The molecule has 0 atom stereocenters. The Hall–Kier alpha value is -2.16. The maximum Gasteiger partial charge on any atom is 0.355 e. The molecule has 1 rings (SSSR count). The summed E-state index contributed by atoms with van der Waals surface area (Å²) in [5, 5.41) is 15.1.